The van der Waals surface area contributed by atoms with E-state index in [-0.39, 0.29) is 11.1 Å². The van der Waals surface area contributed by atoms with Gasteiger partial charge in [-0.3, -0.25) is 0 Å². The number of unbranched alkanes of at least 4 members (excludes halogenated alkanes) is 14. The van der Waals surface area contributed by atoms with Crippen LogP contribution in [0.1, 0.15) is 128 Å². The maximum absolute atomic E-state index is 15.3. The molecular formula is C54H60F6N+. The summed E-state index contributed by atoms with van der Waals surface area (Å²) in [4.78, 5) is 0. The van der Waals surface area contributed by atoms with Gasteiger partial charge in [-0.15, -0.1) is 0 Å². The van der Waals surface area contributed by atoms with Gasteiger partial charge in [0.25, 0.3) is 0 Å². The summed E-state index contributed by atoms with van der Waals surface area (Å²) in [6, 6.07) is 24.2. The molecule has 7 rings (SSSR count). The van der Waals surface area contributed by atoms with Gasteiger partial charge in [-0.25, -0.2) is 26.3 Å². The number of benzene rings is 6. The summed E-state index contributed by atoms with van der Waals surface area (Å²) in [5.74, 6) is -8.03. The van der Waals surface area contributed by atoms with Crippen LogP contribution in [-0.4, -0.2) is 17.6 Å². The van der Waals surface area contributed by atoms with E-state index < -0.39 is 34.9 Å². The largest absolute Gasteiger partial charge is 0.316 e. The number of quaternary nitrogens is 1. The number of hydrogen-bond acceptors (Lipinski definition) is 0. The number of hydrogen-bond donors (Lipinski definition) is 0. The molecule has 0 aliphatic carbocycles. The highest BCUT2D eigenvalue weighted by molar-refractivity contribution is 6.12. The third-order valence-electron chi connectivity index (χ3n) is 13.1. The van der Waals surface area contributed by atoms with Crippen LogP contribution in [-0.2, 0) is 13.1 Å². The fraction of sp³-hybridized carbons (Fsp3) is 0.407. The molecule has 0 saturated heterocycles. The lowest BCUT2D eigenvalue weighted by molar-refractivity contribution is -0.953. The summed E-state index contributed by atoms with van der Waals surface area (Å²) in [6.45, 7) is 7.14. The van der Waals surface area contributed by atoms with Crippen LogP contribution in [0.2, 0.25) is 0 Å². The molecular weight excluding hydrogens is 777 g/mol. The highest BCUT2D eigenvalue weighted by Crippen LogP contribution is 2.50. The van der Waals surface area contributed by atoms with Crippen LogP contribution in [0.15, 0.2) is 84.9 Å². The third-order valence-corrected chi connectivity index (χ3v) is 13.1. The zero-order valence-corrected chi connectivity index (χ0v) is 35.9. The highest BCUT2D eigenvalue weighted by Gasteiger charge is 2.38. The summed E-state index contributed by atoms with van der Waals surface area (Å²) >= 11 is 0. The molecule has 0 unspecified atom stereocenters. The Hall–Kier alpha value is -4.62. The van der Waals surface area contributed by atoms with Crippen molar-refractivity contribution in [2.45, 2.75) is 130 Å². The van der Waals surface area contributed by atoms with Crippen molar-refractivity contribution in [2.75, 3.05) is 13.1 Å². The highest BCUT2D eigenvalue weighted by atomic mass is 19.2. The zero-order chi connectivity index (χ0) is 42.9. The molecule has 0 atom stereocenters. The Morgan fingerprint density at radius 2 is 0.738 bits per heavy atom. The average molecular weight is 837 g/mol. The quantitative estimate of drug-likeness (QED) is 0.0311. The van der Waals surface area contributed by atoms with Crippen LogP contribution in [0.4, 0.5) is 26.3 Å². The molecule has 0 radical (unpaired) electrons. The number of fused-ring (bicyclic) bond motifs is 7. The topological polar surface area (TPSA) is 0 Å². The average Bonchev–Trinajstić information content (AvgIpc) is 3.41. The van der Waals surface area contributed by atoms with Gasteiger partial charge in [0, 0.05) is 22.3 Å². The Kier molecular flexibility index (Phi) is 14.9. The van der Waals surface area contributed by atoms with Crippen LogP contribution in [0.25, 0.3) is 54.9 Å². The van der Waals surface area contributed by atoms with Gasteiger partial charge in [-0.05, 0) is 106 Å². The van der Waals surface area contributed by atoms with E-state index in [4.69, 9.17) is 0 Å². The van der Waals surface area contributed by atoms with E-state index in [1.165, 1.54) is 64.2 Å². The molecule has 0 spiro atoms. The maximum atomic E-state index is 15.3. The normalized spacial score (nSPS) is 13.4. The van der Waals surface area contributed by atoms with Crippen LogP contribution in [0, 0.1) is 34.9 Å². The minimum Gasteiger partial charge on any atom is -0.316 e. The number of halogens is 6. The fourth-order valence-electron chi connectivity index (χ4n) is 9.93. The molecule has 0 bridgehead atoms. The Labute approximate surface area is 358 Å². The number of nitrogens with zero attached hydrogens (tertiary/aromatic N) is 1. The Morgan fingerprint density at radius 1 is 0.410 bits per heavy atom. The van der Waals surface area contributed by atoms with E-state index in [1.54, 1.807) is 0 Å². The molecule has 0 aromatic heterocycles. The van der Waals surface area contributed by atoms with Crippen molar-refractivity contribution in [3.63, 3.8) is 0 Å². The molecule has 322 valence electrons. The van der Waals surface area contributed by atoms with Gasteiger partial charge < -0.3 is 4.48 Å². The molecule has 1 nitrogen and oxygen atoms in total. The van der Waals surface area contributed by atoms with E-state index in [0.717, 1.165) is 120 Å². The summed E-state index contributed by atoms with van der Waals surface area (Å²) < 4.78 is 90.8. The second-order valence-electron chi connectivity index (χ2n) is 17.6. The molecule has 6 aromatic rings. The molecule has 0 fully saturated rings. The van der Waals surface area contributed by atoms with Gasteiger partial charge in [0.2, 0.25) is 0 Å². The van der Waals surface area contributed by atoms with Crippen LogP contribution in [0.5, 0.6) is 0 Å². The monoisotopic (exact) mass is 836 g/mol. The van der Waals surface area contributed by atoms with Crippen molar-refractivity contribution in [1.82, 2.24) is 0 Å². The summed E-state index contributed by atoms with van der Waals surface area (Å²) in [7, 11) is 0. The molecule has 6 aromatic carbocycles. The van der Waals surface area contributed by atoms with Gasteiger partial charge in [-0.2, -0.15) is 0 Å². The van der Waals surface area contributed by atoms with E-state index >= 15 is 17.6 Å². The van der Waals surface area contributed by atoms with Gasteiger partial charge in [0.15, 0.2) is 34.9 Å². The lowest BCUT2D eigenvalue weighted by Gasteiger charge is -2.39. The van der Waals surface area contributed by atoms with Crippen LogP contribution >= 0.6 is 0 Å². The van der Waals surface area contributed by atoms with E-state index in [0.29, 0.717) is 28.7 Å². The van der Waals surface area contributed by atoms with Gasteiger partial charge >= 0.3 is 0 Å². The predicted molar refractivity (Wildman–Crippen MR) is 240 cm³/mol. The van der Waals surface area contributed by atoms with Crippen molar-refractivity contribution in [2.24, 2.45) is 0 Å². The van der Waals surface area contributed by atoms with Crippen molar-refractivity contribution in [3.8, 4) is 33.4 Å². The molecule has 1 heterocycles. The van der Waals surface area contributed by atoms with Crippen molar-refractivity contribution in [3.05, 3.63) is 131 Å². The van der Waals surface area contributed by atoms with Gasteiger partial charge in [-0.1, -0.05) is 139 Å². The van der Waals surface area contributed by atoms with E-state index in [2.05, 4.69) is 26.0 Å². The SMILES string of the molecule is CCCCCCCCCC[N+]1(CCCCCCCCCC)Cc2c(-c3cc(F)c(F)c(F)c3)cc3ccccc3c2-c2c(c(-c3cc(F)c(F)c(F)c3)cc3ccccc23)C1. The third kappa shape index (κ3) is 10.0. The van der Waals surface area contributed by atoms with Gasteiger partial charge in [0.05, 0.1) is 13.1 Å². The molecule has 7 heteroatoms. The second kappa shape index (κ2) is 20.5. The summed E-state index contributed by atoms with van der Waals surface area (Å²) in [5, 5.41) is 3.55. The standard InChI is InChI=1S/C54H60F6N/c1-3-5-7-9-11-13-15-21-27-61(28-22-16-14-12-10-8-6-4-2)35-45-43(39-31-47(55)53(59)48(56)32-39)29-37-23-17-19-25-41(37)51(45)52-42-26-20-18-24-38(42)30-44(46(52)36-61)40-33-49(57)54(60)50(58)34-40/h17-20,23-26,29-34H,3-16,21-22,27-28,35-36H2,1-2H3/q+1. The van der Waals surface area contributed by atoms with Crippen molar-refractivity contribution >= 4 is 21.5 Å². The summed E-state index contributed by atoms with van der Waals surface area (Å²) in [6.07, 6.45) is 18.5. The number of rotatable bonds is 20. The fourth-order valence-corrected chi connectivity index (χ4v) is 9.93. The first-order chi connectivity index (χ1) is 29.6. The Morgan fingerprint density at radius 3 is 1.10 bits per heavy atom. The van der Waals surface area contributed by atoms with E-state index in [9.17, 15) is 8.78 Å². The summed E-state index contributed by atoms with van der Waals surface area (Å²) in [5.41, 5.74) is 5.34. The first-order valence-corrected chi connectivity index (χ1v) is 22.9. The lowest BCUT2D eigenvalue weighted by atomic mass is 9.82. The van der Waals surface area contributed by atoms with Gasteiger partial charge in [0.1, 0.15) is 13.1 Å². The smallest absolute Gasteiger partial charge is 0.194 e. The maximum Gasteiger partial charge on any atom is 0.194 e. The van der Waals surface area contributed by atoms with Crippen molar-refractivity contribution < 1.29 is 30.8 Å². The van der Waals surface area contributed by atoms with Crippen LogP contribution in [0.3, 0.4) is 0 Å². The Balaban J connectivity index is 1.47. The second-order valence-corrected chi connectivity index (χ2v) is 17.6. The first-order valence-electron chi connectivity index (χ1n) is 22.9. The first kappa shape index (κ1) is 44.4. The molecule has 0 amide bonds. The molecule has 61 heavy (non-hydrogen) atoms. The minimum absolute atomic E-state index is 0.252. The molecule has 0 N–H and O–H groups in total. The predicted octanol–water partition coefficient (Wildman–Crippen LogP) is 16.9. The van der Waals surface area contributed by atoms with Crippen LogP contribution < -0.4 is 0 Å². The van der Waals surface area contributed by atoms with Crippen molar-refractivity contribution in [1.29, 1.82) is 0 Å². The van der Waals surface area contributed by atoms with E-state index in [1.807, 2.05) is 48.5 Å². The lowest BCUT2D eigenvalue weighted by Crippen LogP contribution is -2.47. The Bertz CT molecular complexity index is 2240. The minimum atomic E-state index is -1.51. The molecule has 0 saturated carbocycles. The zero-order valence-electron chi connectivity index (χ0n) is 35.9. The molecule has 1 aliphatic rings. The molecule has 1 aliphatic heterocycles.